The number of hydrogen-bond donors (Lipinski definition) is 2. The second-order valence-electron chi connectivity index (χ2n) is 7.24. The highest BCUT2D eigenvalue weighted by Gasteiger charge is 2.11. The maximum absolute atomic E-state index is 10.2. The summed E-state index contributed by atoms with van der Waals surface area (Å²) < 4.78 is 0. The van der Waals surface area contributed by atoms with Crippen LogP contribution < -0.4 is 0 Å². The zero-order valence-electron chi connectivity index (χ0n) is 15.8. The fourth-order valence-corrected chi connectivity index (χ4v) is 3.54. The Morgan fingerprint density at radius 1 is 0.680 bits per heavy atom. The zero-order chi connectivity index (χ0) is 17.9. The van der Waals surface area contributed by atoms with Gasteiger partial charge in [0.1, 0.15) is 0 Å². The largest absolute Gasteiger partial charge is 0.504 e. The summed E-state index contributed by atoms with van der Waals surface area (Å²) in [7, 11) is 0. The van der Waals surface area contributed by atoms with Gasteiger partial charge in [0.25, 0.3) is 0 Å². The number of aromatic hydroxyl groups is 2. The first kappa shape index (κ1) is 19.6. The predicted octanol–water partition coefficient (Wildman–Crippen LogP) is 7.10. The number of unbranched alkanes of at least 4 members (excludes halogenated alkanes) is 10. The predicted molar refractivity (Wildman–Crippen MR) is 107 cm³/mol. The Morgan fingerprint density at radius 2 is 1.24 bits per heavy atom. The molecule has 2 aromatic rings. The van der Waals surface area contributed by atoms with Crippen LogP contribution in [-0.2, 0) is 6.42 Å². The molecule has 2 N–H and O–H groups in total. The molecule has 0 aliphatic carbocycles. The van der Waals surface area contributed by atoms with E-state index in [1.807, 2.05) is 30.3 Å². The molecule has 0 unspecified atom stereocenters. The van der Waals surface area contributed by atoms with Crippen LogP contribution in [0.25, 0.3) is 10.8 Å². The van der Waals surface area contributed by atoms with Gasteiger partial charge in [-0.1, -0.05) is 95.4 Å². The molecule has 0 aliphatic rings. The molecular weight excluding hydrogens is 308 g/mol. The van der Waals surface area contributed by atoms with E-state index in [0.29, 0.717) is 0 Å². The molecule has 2 heteroatoms. The molecule has 0 fully saturated rings. The van der Waals surface area contributed by atoms with E-state index in [-0.39, 0.29) is 11.5 Å². The van der Waals surface area contributed by atoms with Crippen LogP contribution in [0.3, 0.4) is 0 Å². The van der Waals surface area contributed by atoms with Gasteiger partial charge in [-0.3, -0.25) is 0 Å². The second kappa shape index (κ2) is 11.0. The van der Waals surface area contributed by atoms with E-state index in [2.05, 4.69) is 6.92 Å². The molecule has 0 atom stereocenters. The molecule has 0 amide bonds. The summed E-state index contributed by atoms with van der Waals surface area (Å²) in [5.74, 6) is 0.0851. The molecule has 138 valence electrons. The lowest BCUT2D eigenvalue weighted by molar-refractivity contribution is 0.403. The maximum atomic E-state index is 10.2. The summed E-state index contributed by atoms with van der Waals surface area (Å²) in [5, 5.41) is 22.1. The first-order chi connectivity index (χ1) is 12.2. The third-order valence-electron chi connectivity index (χ3n) is 5.12. The summed E-state index contributed by atoms with van der Waals surface area (Å²) >= 11 is 0. The minimum absolute atomic E-state index is 0.0242. The van der Waals surface area contributed by atoms with Gasteiger partial charge in [0.05, 0.1) is 0 Å². The number of phenolic OH excluding ortho intramolecular Hbond substituents is 2. The van der Waals surface area contributed by atoms with Gasteiger partial charge in [0.2, 0.25) is 0 Å². The van der Waals surface area contributed by atoms with Gasteiger partial charge in [-0.15, -0.1) is 0 Å². The smallest absolute Gasteiger partial charge is 0.165 e. The van der Waals surface area contributed by atoms with Crippen LogP contribution >= 0.6 is 0 Å². The molecule has 2 nitrogen and oxygen atoms in total. The van der Waals surface area contributed by atoms with Crippen molar-refractivity contribution < 1.29 is 10.2 Å². The summed E-state index contributed by atoms with van der Waals surface area (Å²) in [5.41, 5.74) is 0.868. The van der Waals surface area contributed by atoms with E-state index in [4.69, 9.17) is 0 Å². The van der Waals surface area contributed by atoms with Crippen LogP contribution in [0.2, 0.25) is 0 Å². The standard InChI is InChI=1S/C23H34O2/c1-2-3-4-5-6-7-8-9-10-11-12-16-20-18-19-15-13-14-17-21(19)23(25)22(20)24/h13-15,17-18,24-25H,2-12,16H2,1H3. The zero-order valence-corrected chi connectivity index (χ0v) is 15.8. The molecule has 0 bridgehead atoms. The third-order valence-corrected chi connectivity index (χ3v) is 5.12. The van der Waals surface area contributed by atoms with Crippen molar-refractivity contribution >= 4 is 10.8 Å². The van der Waals surface area contributed by atoms with Crippen molar-refractivity contribution in [3.63, 3.8) is 0 Å². The monoisotopic (exact) mass is 342 g/mol. The molecule has 0 radical (unpaired) electrons. The number of hydrogen-bond acceptors (Lipinski definition) is 2. The van der Waals surface area contributed by atoms with Gasteiger partial charge < -0.3 is 10.2 Å². The molecule has 0 aromatic heterocycles. The lowest BCUT2D eigenvalue weighted by Gasteiger charge is -2.10. The van der Waals surface area contributed by atoms with Crippen molar-refractivity contribution in [2.75, 3.05) is 0 Å². The Balaban J connectivity index is 1.64. The molecule has 0 saturated carbocycles. The van der Waals surface area contributed by atoms with Crippen LogP contribution in [0.1, 0.15) is 83.1 Å². The van der Waals surface area contributed by atoms with Gasteiger partial charge in [0, 0.05) is 5.39 Å². The number of rotatable bonds is 12. The Morgan fingerprint density at radius 3 is 1.88 bits per heavy atom. The molecule has 25 heavy (non-hydrogen) atoms. The van der Waals surface area contributed by atoms with E-state index in [1.165, 1.54) is 64.2 Å². The fourth-order valence-electron chi connectivity index (χ4n) is 3.54. The minimum Gasteiger partial charge on any atom is -0.504 e. The Kier molecular flexibility index (Phi) is 8.65. The molecule has 0 aliphatic heterocycles. The average Bonchev–Trinajstić information content (AvgIpc) is 2.63. The number of phenols is 2. The lowest BCUT2D eigenvalue weighted by atomic mass is 9.99. The van der Waals surface area contributed by atoms with E-state index in [1.54, 1.807) is 0 Å². The van der Waals surface area contributed by atoms with Crippen molar-refractivity contribution in [3.05, 3.63) is 35.9 Å². The van der Waals surface area contributed by atoms with E-state index in [9.17, 15) is 10.2 Å². The van der Waals surface area contributed by atoms with E-state index in [0.717, 1.165) is 29.2 Å². The van der Waals surface area contributed by atoms with Gasteiger partial charge in [-0.25, -0.2) is 0 Å². The van der Waals surface area contributed by atoms with Crippen LogP contribution in [0.4, 0.5) is 0 Å². The highest BCUT2D eigenvalue weighted by atomic mass is 16.3. The molecule has 0 heterocycles. The average molecular weight is 343 g/mol. The Labute approximate surface area is 152 Å². The Bertz CT molecular complexity index is 633. The van der Waals surface area contributed by atoms with Gasteiger partial charge >= 0.3 is 0 Å². The van der Waals surface area contributed by atoms with Crippen LogP contribution in [-0.4, -0.2) is 10.2 Å². The SMILES string of the molecule is CCCCCCCCCCCCCc1cc2ccccc2c(O)c1O. The van der Waals surface area contributed by atoms with Crippen LogP contribution in [0.5, 0.6) is 11.5 Å². The van der Waals surface area contributed by atoms with Gasteiger partial charge in [-0.05, 0) is 29.9 Å². The van der Waals surface area contributed by atoms with Gasteiger partial charge in [0.15, 0.2) is 11.5 Å². The number of aryl methyl sites for hydroxylation is 1. The van der Waals surface area contributed by atoms with Gasteiger partial charge in [-0.2, -0.15) is 0 Å². The highest BCUT2D eigenvalue weighted by molar-refractivity contribution is 5.91. The molecule has 0 spiro atoms. The molecule has 2 rings (SSSR count). The topological polar surface area (TPSA) is 40.5 Å². The van der Waals surface area contributed by atoms with E-state index >= 15 is 0 Å². The number of fused-ring (bicyclic) bond motifs is 1. The van der Waals surface area contributed by atoms with Crippen molar-refractivity contribution in [2.24, 2.45) is 0 Å². The van der Waals surface area contributed by atoms with E-state index < -0.39 is 0 Å². The lowest BCUT2D eigenvalue weighted by Crippen LogP contribution is -1.89. The second-order valence-corrected chi connectivity index (χ2v) is 7.24. The molecule has 2 aromatic carbocycles. The van der Waals surface area contributed by atoms with Crippen LogP contribution in [0.15, 0.2) is 30.3 Å². The summed E-state index contributed by atoms with van der Waals surface area (Å²) in [6.45, 7) is 2.26. The number of benzene rings is 2. The van der Waals surface area contributed by atoms with Crippen LogP contribution in [0, 0.1) is 0 Å². The third kappa shape index (κ3) is 6.26. The van der Waals surface area contributed by atoms with Crippen molar-refractivity contribution in [3.8, 4) is 11.5 Å². The summed E-state index contributed by atoms with van der Waals surface area (Å²) in [4.78, 5) is 0. The molecule has 0 saturated heterocycles. The maximum Gasteiger partial charge on any atom is 0.165 e. The van der Waals surface area contributed by atoms with Crippen molar-refractivity contribution in [1.29, 1.82) is 0 Å². The van der Waals surface area contributed by atoms with Crippen molar-refractivity contribution in [2.45, 2.75) is 84.0 Å². The Hall–Kier alpha value is -1.70. The quantitative estimate of drug-likeness (QED) is 0.319. The molecular formula is C23H34O2. The highest BCUT2D eigenvalue weighted by Crippen LogP contribution is 2.37. The minimum atomic E-state index is 0.0242. The first-order valence-corrected chi connectivity index (χ1v) is 10.2. The first-order valence-electron chi connectivity index (χ1n) is 10.2. The summed E-state index contributed by atoms with van der Waals surface area (Å²) in [6, 6.07) is 9.69. The normalized spacial score (nSPS) is 11.2. The van der Waals surface area contributed by atoms with Crippen molar-refractivity contribution in [1.82, 2.24) is 0 Å². The fraction of sp³-hybridized carbons (Fsp3) is 0.565. The summed E-state index contributed by atoms with van der Waals surface area (Å²) in [6.07, 6.45) is 15.3.